The maximum atomic E-state index is 12.0. The number of hydrogen-bond acceptors (Lipinski definition) is 4. The van der Waals surface area contributed by atoms with Crippen molar-refractivity contribution in [2.75, 3.05) is 19.8 Å². The number of fused-ring (bicyclic) bond motifs is 1. The lowest BCUT2D eigenvalue weighted by Crippen LogP contribution is -2.58. The van der Waals surface area contributed by atoms with Crippen LogP contribution < -0.4 is 10.1 Å². The van der Waals surface area contributed by atoms with Crippen molar-refractivity contribution in [3.8, 4) is 5.75 Å². The van der Waals surface area contributed by atoms with E-state index in [0.29, 0.717) is 18.4 Å². The number of carbonyl (C=O) groups excluding carboxylic acids is 1. The number of rotatable bonds is 5. The van der Waals surface area contributed by atoms with E-state index in [9.17, 15) is 4.79 Å². The molecule has 2 N–H and O–H groups in total. The van der Waals surface area contributed by atoms with Gasteiger partial charge in [0, 0.05) is 19.6 Å². The highest BCUT2D eigenvalue weighted by Gasteiger charge is 2.68. The van der Waals surface area contributed by atoms with Crippen LogP contribution in [0.1, 0.15) is 51.7 Å². The number of nitrogens with one attached hydrogen (secondary N) is 1. The maximum Gasteiger partial charge on any atom is 0.217 e. The first-order chi connectivity index (χ1) is 12.9. The molecule has 1 heterocycles. The Morgan fingerprint density at radius 2 is 2.22 bits per heavy atom. The minimum absolute atomic E-state index is 0.00501. The third-order valence-electron chi connectivity index (χ3n) is 7.40. The summed E-state index contributed by atoms with van der Waals surface area (Å²) < 4.78 is 11.9. The summed E-state index contributed by atoms with van der Waals surface area (Å²) in [6.45, 7) is 7.29. The first-order valence-electron chi connectivity index (χ1n) is 10.1. The van der Waals surface area contributed by atoms with Gasteiger partial charge in [0.25, 0.3) is 0 Å². The predicted octanol–water partition coefficient (Wildman–Crippen LogP) is 3.08. The second-order valence-electron chi connectivity index (χ2n) is 9.12. The van der Waals surface area contributed by atoms with E-state index in [0.717, 1.165) is 30.8 Å². The largest absolute Gasteiger partial charge is 0.491 e. The van der Waals surface area contributed by atoms with Crippen molar-refractivity contribution in [2.24, 2.45) is 22.7 Å². The number of hydrogen-bond donors (Lipinski definition) is 2. The monoisotopic (exact) mass is 373 g/mol. The van der Waals surface area contributed by atoms with Crippen molar-refractivity contribution in [1.82, 2.24) is 5.32 Å². The fraction of sp³-hybridized carbons (Fsp3) is 0.682. The van der Waals surface area contributed by atoms with Crippen LogP contribution in [0, 0.1) is 22.7 Å². The summed E-state index contributed by atoms with van der Waals surface area (Å²) >= 11 is 0. The lowest BCUT2D eigenvalue weighted by atomic mass is 9.59. The van der Waals surface area contributed by atoms with Crippen LogP contribution in [0.4, 0.5) is 0 Å². The Kier molecular flexibility index (Phi) is 4.71. The molecular formula is C22H31NO4. The van der Waals surface area contributed by atoms with Crippen molar-refractivity contribution in [3.05, 3.63) is 29.8 Å². The summed E-state index contributed by atoms with van der Waals surface area (Å²) in [5.41, 5.74) is 1.38. The highest BCUT2D eigenvalue weighted by Crippen LogP contribution is 2.70. The van der Waals surface area contributed by atoms with Crippen LogP contribution in [-0.4, -0.2) is 36.9 Å². The minimum atomic E-state index is 0.00501. The molecule has 0 radical (unpaired) electrons. The number of aliphatic hydroxyl groups excluding tert-OH is 1. The molecule has 1 saturated heterocycles. The minimum Gasteiger partial charge on any atom is -0.491 e. The molecule has 1 aliphatic heterocycles. The molecule has 2 bridgehead atoms. The fourth-order valence-corrected chi connectivity index (χ4v) is 6.27. The third kappa shape index (κ3) is 2.95. The SMILES string of the molecule is CC(=O)N[C@H]1C(C)(C)[C@@H]2C[C@@H]3[C@@H](c4cccc(OCCO)c4)OCCC31C2. The van der Waals surface area contributed by atoms with Gasteiger partial charge in [0.15, 0.2) is 0 Å². The lowest BCUT2D eigenvalue weighted by molar-refractivity contribution is -0.136. The molecule has 2 saturated carbocycles. The summed E-state index contributed by atoms with van der Waals surface area (Å²) in [6.07, 6.45) is 3.37. The van der Waals surface area contributed by atoms with Gasteiger partial charge in [-0.25, -0.2) is 0 Å². The zero-order chi connectivity index (χ0) is 19.2. The van der Waals surface area contributed by atoms with E-state index in [4.69, 9.17) is 14.6 Å². The van der Waals surface area contributed by atoms with E-state index in [-0.39, 0.29) is 35.5 Å². The second kappa shape index (κ2) is 6.78. The average molecular weight is 373 g/mol. The van der Waals surface area contributed by atoms with Gasteiger partial charge < -0.3 is 19.9 Å². The van der Waals surface area contributed by atoms with Crippen LogP contribution in [0.3, 0.4) is 0 Å². The van der Waals surface area contributed by atoms with Crippen LogP contribution >= 0.6 is 0 Å². The first-order valence-corrected chi connectivity index (χ1v) is 10.1. The fourth-order valence-electron chi connectivity index (χ4n) is 6.27. The smallest absolute Gasteiger partial charge is 0.217 e. The molecule has 27 heavy (non-hydrogen) atoms. The molecular weight excluding hydrogens is 342 g/mol. The standard InChI is InChI=1S/C22H31NO4/c1-14(25)23-20-21(2,3)16-12-18-19(27-9-7-22(18,20)13-16)15-5-4-6-17(11-15)26-10-8-24/h4-6,11,16,18-20,24H,7-10,12-13H2,1-3H3,(H,23,25)/t16-,18-,19-,20+,22?/m1/s1. The topological polar surface area (TPSA) is 67.8 Å². The van der Waals surface area contributed by atoms with E-state index >= 15 is 0 Å². The normalized spacial score (nSPS) is 36.3. The summed E-state index contributed by atoms with van der Waals surface area (Å²) in [5.74, 6) is 1.86. The molecule has 1 spiro atoms. The predicted molar refractivity (Wildman–Crippen MR) is 102 cm³/mol. The lowest BCUT2D eigenvalue weighted by Gasteiger charge is -2.53. The molecule has 1 aromatic rings. The van der Waals surface area contributed by atoms with E-state index in [1.807, 2.05) is 18.2 Å². The Morgan fingerprint density at radius 3 is 2.96 bits per heavy atom. The van der Waals surface area contributed by atoms with Crippen molar-refractivity contribution in [1.29, 1.82) is 0 Å². The summed E-state index contributed by atoms with van der Waals surface area (Å²) in [6, 6.07) is 8.27. The van der Waals surface area contributed by atoms with Crippen molar-refractivity contribution in [2.45, 2.75) is 52.2 Å². The summed E-state index contributed by atoms with van der Waals surface area (Å²) in [5, 5.41) is 12.3. The van der Waals surface area contributed by atoms with Gasteiger partial charge in [0.2, 0.25) is 5.91 Å². The maximum absolute atomic E-state index is 12.0. The quantitative estimate of drug-likeness (QED) is 0.832. The van der Waals surface area contributed by atoms with Crippen molar-refractivity contribution >= 4 is 5.91 Å². The van der Waals surface area contributed by atoms with Crippen LogP contribution in [0.15, 0.2) is 24.3 Å². The van der Waals surface area contributed by atoms with Crippen LogP contribution in [0.2, 0.25) is 0 Å². The molecule has 5 nitrogen and oxygen atoms in total. The molecule has 5 atom stereocenters. The molecule has 1 amide bonds. The van der Waals surface area contributed by atoms with Gasteiger partial charge in [0.05, 0.1) is 12.7 Å². The van der Waals surface area contributed by atoms with E-state index in [2.05, 4.69) is 25.2 Å². The molecule has 3 aliphatic rings. The molecule has 0 aromatic heterocycles. The number of benzene rings is 1. The van der Waals surface area contributed by atoms with Gasteiger partial charge in [-0.15, -0.1) is 0 Å². The molecule has 148 valence electrons. The number of carbonyl (C=O) groups is 1. The Morgan fingerprint density at radius 1 is 1.41 bits per heavy atom. The molecule has 2 aliphatic carbocycles. The van der Waals surface area contributed by atoms with Crippen molar-refractivity contribution in [3.63, 3.8) is 0 Å². The Balaban J connectivity index is 1.64. The molecule has 3 fully saturated rings. The third-order valence-corrected chi connectivity index (χ3v) is 7.40. The van der Waals surface area contributed by atoms with Gasteiger partial charge >= 0.3 is 0 Å². The first kappa shape index (κ1) is 18.8. The average Bonchev–Trinajstić information content (AvgIpc) is 3.12. The molecule has 4 rings (SSSR count). The van der Waals surface area contributed by atoms with Gasteiger partial charge in [0.1, 0.15) is 12.4 Å². The number of amides is 1. The Labute approximate surface area is 161 Å². The van der Waals surface area contributed by atoms with Crippen LogP contribution in [0.5, 0.6) is 5.75 Å². The van der Waals surface area contributed by atoms with E-state index in [1.165, 1.54) is 6.42 Å². The summed E-state index contributed by atoms with van der Waals surface area (Å²) in [4.78, 5) is 12.0. The zero-order valence-corrected chi connectivity index (χ0v) is 16.5. The molecule has 1 aromatic carbocycles. The Bertz CT molecular complexity index is 718. The highest BCUT2D eigenvalue weighted by atomic mass is 16.5. The molecule has 1 unspecified atom stereocenters. The second-order valence-corrected chi connectivity index (χ2v) is 9.12. The van der Waals surface area contributed by atoms with Gasteiger partial charge in [-0.3, -0.25) is 4.79 Å². The highest BCUT2D eigenvalue weighted by molar-refractivity contribution is 5.73. The van der Waals surface area contributed by atoms with Gasteiger partial charge in [-0.05, 0) is 59.6 Å². The van der Waals surface area contributed by atoms with E-state index < -0.39 is 0 Å². The van der Waals surface area contributed by atoms with Crippen LogP contribution in [0.25, 0.3) is 0 Å². The van der Waals surface area contributed by atoms with Crippen molar-refractivity contribution < 1.29 is 19.4 Å². The Hall–Kier alpha value is -1.59. The summed E-state index contributed by atoms with van der Waals surface area (Å²) in [7, 11) is 0. The number of aliphatic hydroxyl groups is 1. The van der Waals surface area contributed by atoms with Gasteiger partial charge in [-0.2, -0.15) is 0 Å². The number of ether oxygens (including phenoxy) is 2. The van der Waals surface area contributed by atoms with E-state index in [1.54, 1.807) is 6.92 Å². The van der Waals surface area contributed by atoms with Gasteiger partial charge in [-0.1, -0.05) is 26.0 Å². The zero-order valence-electron chi connectivity index (χ0n) is 16.5. The van der Waals surface area contributed by atoms with Crippen LogP contribution in [-0.2, 0) is 9.53 Å². The molecule has 5 heteroatoms.